The van der Waals surface area contributed by atoms with Gasteiger partial charge < -0.3 is 10.2 Å². The van der Waals surface area contributed by atoms with Crippen LogP contribution in [0.15, 0.2) is 24.3 Å². The maximum Gasteiger partial charge on any atom is 0.0366 e. The molecule has 2 heteroatoms. The molecule has 0 aromatic heterocycles. The number of nitrogens with one attached hydrogen (secondary N) is 1. The van der Waals surface area contributed by atoms with Gasteiger partial charge in [-0.15, -0.1) is 0 Å². The highest BCUT2D eigenvalue weighted by molar-refractivity contribution is 5.48. The number of nitrogens with zero attached hydrogens (tertiary/aromatic N) is 1. The van der Waals surface area contributed by atoms with Crippen molar-refractivity contribution in [2.24, 2.45) is 11.3 Å². The van der Waals surface area contributed by atoms with E-state index in [0.717, 1.165) is 19.0 Å². The fraction of sp³-hybridized carbons (Fsp3) is 0.647. The fourth-order valence-corrected chi connectivity index (χ4v) is 2.80. The van der Waals surface area contributed by atoms with E-state index in [1.807, 2.05) is 0 Å². The molecule has 1 aromatic rings. The third-order valence-electron chi connectivity index (χ3n) is 4.29. The van der Waals surface area contributed by atoms with E-state index in [9.17, 15) is 0 Å². The van der Waals surface area contributed by atoms with Crippen LogP contribution in [0, 0.1) is 11.3 Å². The van der Waals surface area contributed by atoms with Crippen molar-refractivity contribution in [3.05, 3.63) is 29.8 Å². The number of benzene rings is 1. The first kappa shape index (κ1) is 14.4. The zero-order valence-electron chi connectivity index (χ0n) is 12.9. The number of anilines is 1. The van der Waals surface area contributed by atoms with E-state index in [0.29, 0.717) is 5.41 Å². The van der Waals surface area contributed by atoms with Gasteiger partial charge in [0.2, 0.25) is 0 Å². The summed E-state index contributed by atoms with van der Waals surface area (Å²) in [7, 11) is 0. The molecule has 0 amide bonds. The van der Waals surface area contributed by atoms with Gasteiger partial charge in [-0.3, -0.25) is 0 Å². The molecular formula is C17H28N2. The Labute approximate surface area is 118 Å². The predicted molar refractivity (Wildman–Crippen MR) is 83.6 cm³/mol. The lowest BCUT2D eigenvalue weighted by Gasteiger charge is -2.27. The quantitative estimate of drug-likeness (QED) is 0.888. The van der Waals surface area contributed by atoms with Gasteiger partial charge in [-0.25, -0.2) is 0 Å². The Morgan fingerprint density at radius 1 is 1.21 bits per heavy atom. The highest BCUT2D eigenvalue weighted by Crippen LogP contribution is 2.35. The molecule has 0 aliphatic carbocycles. The fourth-order valence-electron chi connectivity index (χ4n) is 2.80. The Balaban J connectivity index is 1.96. The molecule has 0 bridgehead atoms. The molecule has 0 radical (unpaired) electrons. The van der Waals surface area contributed by atoms with Crippen molar-refractivity contribution in [3.63, 3.8) is 0 Å². The van der Waals surface area contributed by atoms with Gasteiger partial charge in [-0.1, -0.05) is 39.8 Å². The minimum absolute atomic E-state index is 0.430. The van der Waals surface area contributed by atoms with Crippen LogP contribution < -0.4 is 10.2 Å². The molecule has 1 aliphatic rings. The van der Waals surface area contributed by atoms with E-state index in [4.69, 9.17) is 0 Å². The van der Waals surface area contributed by atoms with Crippen molar-refractivity contribution in [1.82, 2.24) is 5.32 Å². The minimum Gasteiger partial charge on any atom is -0.371 e. The Morgan fingerprint density at radius 2 is 1.89 bits per heavy atom. The summed E-state index contributed by atoms with van der Waals surface area (Å²) in [5.41, 5.74) is 3.18. The van der Waals surface area contributed by atoms with Gasteiger partial charge in [0.25, 0.3) is 0 Å². The molecule has 1 N–H and O–H groups in total. The van der Waals surface area contributed by atoms with E-state index >= 15 is 0 Å². The molecule has 1 fully saturated rings. The Kier molecular flexibility index (Phi) is 4.51. The van der Waals surface area contributed by atoms with E-state index in [1.165, 1.54) is 30.8 Å². The van der Waals surface area contributed by atoms with Crippen LogP contribution >= 0.6 is 0 Å². The zero-order chi connectivity index (χ0) is 13.9. The van der Waals surface area contributed by atoms with Crippen molar-refractivity contribution >= 4 is 5.69 Å². The molecule has 1 saturated heterocycles. The van der Waals surface area contributed by atoms with Gasteiger partial charge in [0.05, 0.1) is 0 Å². The van der Waals surface area contributed by atoms with Crippen LogP contribution in [0.3, 0.4) is 0 Å². The summed E-state index contributed by atoms with van der Waals surface area (Å²) in [5, 5.41) is 3.37. The van der Waals surface area contributed by atoms with Crippen LogP contribution in [0.4, 0.5) is 5.69 Å². The van der Waals surface area contributed by atoms with E-state index < -0.39 is 0 Å². The van der Waals surface area contributed by atoms with Gasteiger partial charge in [0.1, 0.15) is 0 Å². The van der Waals surface area contributed by atoms with Crippen LogP contribution in [-0.4, -0.2) is 19.6 Å². The van der Waals surface area contributed by atoms with Crippen LogP contribution in [0.25, 0.3) is 0 Å². The molecule has 106 valence electrons. The molecule has 1 unspecified atom stereocenters. The summed E-state index contributed by atoms with van der Waals surface area (Å²) in [6.45, 7) is 13.6. The van der Waals surface area contributed by atoms with Crippen molar-refractivity contribution in [3.8, 4) is 0 Å². The van der Waals surface area contributed by atoms with Gasteiger partial charge in [-0.2, -0.15) is 0 Å². The molecule has 1 atom stereocenters. The van der Waals surface area contributed by atoms with E-state index in [2.05, 4.69) is 62.2 Å². The van der Waals surface area contributed by atoms with E-state index in [-0.39, 0.29) is 0 Å². The van der Waals surface area contributed by atoms with Crippen LogP contribution in [0.1, 0.15) is 39.7 Å². The summed E-state index contributed by atoms with van der Waals surface area (Å²) < 4.78 is 0. The number of hydrogen-bond donors (Lipinski definition) is 1. The van der Waals surface area contributed by atoms with Gasteiger partial charge in [0.15, 0.2) is 0 Å². The third-order valence-corrected chi connectivity index (χ3v) is 4.29. The molecular weight excluding hydrogens is 232 g/mol. The van der Waals surface area contributed by atoms with Gasteiger partial charge in [-0.05, 0) is 42.0 Å². The third kappa shape index (κ3) is 3.73. The molecule has 2 rings (SSSR count). The highest BCUT2D eigenvalue weighted by Gasteiger charge is 2.31. The summed E-state index contributed by atoms with van der Waals surface area (Å²) in [6.07, 6.45) is 1.32. The summed E-state index contributed by atoms with van der Waals surface area (Å²) >= 11 is 0. The average molecular weight is 260 g/mol. The smallest absolute Gasteiger partial charge is 0.0366 e. The highest BCUT2D eigenvalue weighted by atomic mass is 15.2. The molecule has 2 nitrogen and oxygen atoms in total. The maximum absolute atomic E-state index is 3.37. The van der Waals surface area contributed by atoms with Crippen molar-refractivity contribution < 1.29 is 0 Å². The van der Waals surface area contributed by atoms with Crippen molar-refractivity contribution in [2.75, 3.05) is 24.5 Å². The van der Waals surface area contributed by atoms with Crippen molar-refractivity contribution in [2.45, 2.75) is 40.7 Å². The molecule has 19 heavy (non-hydrogen) atoms. The maximum atomic E-state index is 3.37. The number of rotatable bonds is 4. The SMILES string of the molecule is CCNCc1ccc(N2CCC(C(C)(C)C)C2)cc1. The first-order valence-electron chi connectivity index (χ1n) is 7.55. The molecule has 0 saturated carbocycles. The second-order valence-electron chi connectivity index (χ2n) is 6.74. The van der Waals surface area contributed by atoms with Crippen molar-refractivity contribution in [1.29, 1.82) is 0 Å². The lowest BCUT2D eigenvalue weighted by molar-refractivity contribution is 0.263. The molecule has 0 spiro atoms. The molecule has 1 aromatic carbocycles. The number of hydrogen-bond acceptors (Lipinski definition) is 2. The second-order valence-corrected chi connectivity index (χ2v) is 6.74. The first-order valence-corrected chi connectivity index (χ1v) is 7.55. The Morgan fingerprint density at radius 3 is 2.42 bits per heavy atom. The summed E-state index contributed by atoms with van der Waals surface area (Å²) in [4.78, 5) is 2.53. The second kappa shape index (κ2) is 5.96. The van der Waals surface area contributed by atoms with Gasteiger partial charge >= 0.3 is 0 Å². The lowest BCUT2D eigenvalue weighted by atomic mass is 9.80. The van der Waals surface area contributed by atoms with E-state index in [1.54, 1.807) is 0 Å². The topological polar surface area (TPSA) is 15.3 Å². The molecule has 1 heterocycles. The summed E-state index contributed by atoms with van der Waals surface area (Å²) in [5.74, 6) is 0.814. The van der Waals surface area contributed by atoms with Crippen LogP contribution in [-0.2, 0) is 6.54 Å². The standard InChI is InChI=1S/C17H28N2/c1-5-18-12-14-6-8-16(9-7-14)19-11-10-15(13-19)17(2,3)4/h6-9,15,18H,5,10-13H2,1-4H3. The molecule has 1 aliphatic heterocycles. The average Bonchev–Trinajstić information content (AvgIpc) is 2.86. The summed E-state index contributed by atoms with van der Waals surface area (Å²) in [6, 6.07) is 9.06. The predicted octanol–water partition coefficient (Wildman–Crippen LogP) is 3.67. The largest absolute Gasteiger partial charge is 0.371 e. The zero-order valence-corrected chi connectivity index (χ0v) is 12.9. The Hall–Kier alpha value is -1.02. The lowest BCUT2D eigenvalue weighted by Crippen LogP contribution is -2.25. The normalized spacial score (nSPS) is 20.0. The Bertz CT molecular complexity index is 389. The first-order chi connectivity index (χ1) is 9.00. The van der Waals surface area contributed by atoms with Crippen LogP contribution in [0.2, 0.25) is 0 Å². The minimum atomic E-state index is 0.430. The monoisotopic (exact) mass is 260 g/mol. The van der Waals surface area contributed by atoms with Crippen LogP contribution in [0.5, 0.6) is 0 Å². The van der Waals surface area contributed by atoms with Gasteiger partial charge in [0, 0.05) is 25.3 Å².